The van der Waals surface area contributed by atoms with Crippen LogP contribution in [0.1, 0.15) is 12.7 Å². The van der Waals surface area contributed by atoms with Crippen molar-refractivity contribution in [3.63, 3.8) is 0 Å². The summed E-state index contributed by atoms with van der Waals surface area (Å²) >= 11 is 0. The van der Waals surface area contributed by atoms with E-state index in [-0.39, 0.29) is 0 Å². The van der Waals surface area contributed by atoms with E-state index in [1.807, 2.05) is 0 Å². The summed E-state index contributed by atoms with van der Waals surface area (Å²) in [6.07, 6.45) is 0.869. The standard InChI is InChI=1S/C35H31B5N2/c1-2-27-41-25-16-7-8-17-26(25)42(27)20-11-9-10-19(18-20)28-21-12-3-5-14-23(21)29(24-15-6-4-13-22(24)28)30-31(36)33(38)35(40)34(39)32(30)37/h3-18H,2,36-40H2,1H3. The minimum atomic E-state index is 0.869. The number of aryl methyl sites for hydroxylation is 1. The number of rotatable bonds is 4. The maximum Gasteiger partial charge on any atom is 0.139 e. The highest BCUT2D eigenvalue weighted by Gasteiger charge is 2.21. The van der Waals surface area contributed by atoms with Gasteiger partial charge in [-0.25, -0.2) is 4.98 Å². The van der Waals surface area contributed by atoms with Gasteiger partial charge < -0.3 is 0 Å². The third-order valence-electron chi connectivity index (χ3n) is 9.52. The molecule has 1 heterocycles. The van der Waals surface area contributed by atoms with Crippen molar-refractivity contribution in [2.24, 2.45) is 0 Å². The van der Waals surface area contributed by atoms with Gasteiger partial charge in [-0.3, -0.25) is 4.57 Å². The first-order valence-electron chi connectivity index (χ1n) is 15.0. The normalized spacial score (nSPS) is 11.5. The quantitative estimate of drug-likeness (QED) is 0.238. The van der Waals surface area contributed by atoms with E-state index < -0.39 is 0 Å². The first-order valence-corrected chi connectivity index (χ1v) is 15.0. The Kier molecular flexibility index (Phi) is 6.42. The minimum Gasteiger partial charge on any atom is -0.296 e. The molecule has 7 rings (SSSR count). The summed E-state index contributed by atoms with van der Waals surface area (Å²) in [4.78, 5) is 4.95. The number of benzene rings is 6. The second kappa shape index (κ2) is 10.2. The average Bonchev–Trinajstić information content (AvgIpc) is 3.41. The molecule has 0 saturated carbocycles. The summed E-state index contributed by atoms with van der Waals surface area (Å²) in [6, 6.07) is 35.4. The number of para-hydroxylation sites is 2. The molecule has 0 amide bonds. The summed E-state index contributed by atoms with van der Waals surface area (Å²) in [5.74, 6) is 1.08. The second-order valence-electron chi connectivity index (χ2n) is 11.6. The van der Waals surface area contributed by atoms with E-state index in [0.29, 0.717) is 0 Å². The molecule has 2 nitrogen and oxygen atoms in total. The zero-order valence-electron chi connectivity index (χ0n) is 25.3. The van der Waals surface area contributed by atoms with Crippen LogP contribution in [0.2, 0.25) is 0 Å². The number of fused-ring (bicyclic) bond motifs is 3. The van der Waals surface area contributed by atoms with Crippen molar-refractivity contribution in [1.29, 1.82) is 0 Å². The number of aromatic nitrogens is 2. The van der Waals surface area contributed by atoms with E-state index >= 15 is 0 Å². The Balaban J connectivity index is 1.57. The molecule has 0 bridgehead atoms. The van der Waals surface area contributed by atoms with Crippen LogP contribution < -0.4 is 27.3 Å². The Morgan fingerprint density at radius 3 is 1.67 bits per heavy atom. The van der Waals surface area contributed by atoms with Crippen LogP contribution in [-0.2, 0) is 6.42 Å². The monoisotopic (exact) mass is 534 g/mol. The molecular weight excluding hydrogens is 502 g/mol. The largest absolute Gasteiger partial charge is 0.296 e. The predicted octanol–water partition coefficient (Wildman–Crippen LogP) is 0.520. The van der Waals surface area contributed by atoms with Crippen LogP contribution in [0.5, 0.6) is 0 Å². The van der Waals surface area contributed by atoms with Crippen LogP contribution in [0.25, 0.3) is 60.5 Å². The lowest BCUT2D eigenvalue weighted by molar-refractivity contribution is 0.908. The molecule has 0 saturated heterocycles. The van der Waals surface area contributed by atoms with Gasteiger partial charge in [-0.1, -0.05) is 90.6 Å². The van der Waals surface area contributed by atoms with Crippen molar-refractivity contribution in [2.45, 2.75) is 13.3 Å². The fourth-order valence-corrected chi connectivity index (χ4v) is 6.99. The maximum atomic E-state index is 4.95. The third-order valence-corrected chi connectivity index (χ3v) is 9.52. The zero-order chi connectivity index (χ0) is 29.1. The van der Waals surface area contributed by atoms with Crippen molar-refractivity contribution >= 4 is 99.1 Å². The van der Waals surface area contributed by atoms with Gasteiger partial charge in [-0.15, -0.1) is 16.4 Å². The highest BCUT2D eigenvalue weighted by Crippen LogP contribution is 2.43. The van der Waals surface area contributed by atoms with Gasteiger partial charge in [-0.2, -0.15) is 0 Å². The van der Waals surface area contributed by atoms with E-state index in [4.69, 9.17) is 4.98 Å². The summed E-state index contributed by atoms with van der Waals surface area (Å²) in [5.41, 5.74) is 15.5. The molecule has 196 valence electrons. The van der Waals surface area contributed by atoms with Crippen molar-refractivity contribution in [1.82, 2.24) is 9.55 Å². The fourth-order valence-electron chi connectivity index (χ4n) is 6.99. The highest BCUT2D eigenvalue weighted by molar-refractivity contribution is 6.69. The summed E-state index contributed by atoms with van der Waals surface area (Å²) in [7, 11) is 11.4. The van der Waals surface area contributed by atoms with Crippen molar-refractivity contribution < 1.29 is 0 Å². The van der Waals surface area contributed by atoms with Crippen LogP contribution in [0.15, 0.2) is 97.1 Å². The van der Waals surface area contributed by atoms with Gasteiger partial charge in [0.05, 0.1) is 11.0 Å². The third kappa shape index (κ3) is 3.90. The molecular formula is C35H31B5N2. The van der Waals surface area contributed by atoms with Crippen LogP contribution in [-0.4, -0.2) is 48.8 Å². The number of nitrogens with zero attached hydrogens (tertiary/aromatic N) is 2. The van der Waals surface area contributed by atoms with Gasteiger partial charge >= 0.3 is 0 Å². The molecule has 0 unspecified atom stereocenters. The van der Waals surface area contributed by atoms with Crippen molar-refractivity contribution in [2.75, 3.05) is 0 Å². The molecule has 7 aromatic rings. The Labute approximate surface area is 252 Å². The molecule has 0 spiro atoms. The summed E-state index contributed by atoms with van der Waals surface area (Å²) in [5, 5.41) is 5.16. The van der Waals surface area contributed by atoms with Gasteiger partial charge in [0.1, 0.15) is 45.1 Å². The lowest BCUT2D eigenvalue weighted by Gasteiger charge is -2.24. The number of hydrogen-bond acceptors (Lipinski definition) is 1. The predicted molar refractivity (Wildman–Crippen MR) is 197 cm³/mol. The van der Waals surface area contributed by atoms with Gasteiger partial charge in [0, 0.05) is 12.1 Å². The molecule has 0 radical (unpaired) electrons. The maximum absolute atomic E-state index is 4.95. The molecule has 42 heavy (non-hydrogen) atoms. The Morgan fingerprint density at radius 2 is 1.07 bits per heavy atom. The zero-order valence-corrected chi connectivity index (χ0v) is 25.3. The van der Waals surface area contributed by atoms with Gasteiger partial charge in [0.2, 0.25) is 0 Å². The molecule has 0 aliphatic carbocycles. The molecule has 0 atom stereocenters. The van der Waals surface area contributed by atoms with Crippen LogP contribution in [0.3, 0.4) is 0 Å². The topological polar surface area (TPSA) is 17.8 Å². The molecule has 0 N–H and O–H groups in total. The first kappa shape index (κ1) is 26.5. The molecule has 7 heteroatoms. The Morgan fingerprint density at radius 1 is 0.548 bits per heavy atom. The van der Waals surface area contributed by atoms with Gasteiger partial charge in [-0.05, 0) is 68.1 Å². The molecule has 0 aliphatic rings. The fraction of sp³-hybridized carbons (Fsp3) is 0.0571. The van der Waals surface area contributed by atoms with Gasteiger partial charge in [0.15, 0.2) is 0 Å². The first-order chi connectivity index (χ1) is 20.4. The van der Waals surface area contributed by atoms with E-state index in [9.17, 15) is 0 Å². The smallest absolute Gasteiger partial charge is 0.139 e. The highest BCUT2D eigenvalue weighted by atomic mass is 15.1. The summed E-state index contributed by atoms with van der Waals surface area (Å²) in [6.45, 7) is 2.18. The van der Waals surface area contributed by atoms with Gasteiger partial charge in [0.25, 0.3) is 0 Å². The average molecular weight is 534 g/mol. The van der Waals surface area contributed by atoms with E-state index in [1.54, 1.807) is 0 Å². The van der Waals surface area contributed by atoms with Crippen LogP contribution >= 0.6 is 0 Å². The van der Waals surface area contributed by atoms with E-state index in [0.717, 1.165) is 29.0 Å². The number of imidazole rings is 1. The van der Waals surface area contributed by atoms with Crippen LogP contribution in [0.4, 0.5) is 0 Å². The Hall–Kier alpha value is -4.37. The van der Waals surface area contributed by atoms with Crippen molar-refractivity contribution in [3.05, 3.63) is 103 Å². The molecule has 1 aromatic heterocycles. The number of hydrogen-bond donors (Lipinski definition) is 0. The minimum absolute atomic E-state index is 0.869. The van der Waals surface area contributed by atoms with Crippen LogP contribution in [0, 0.1) is 0 Å². The summed E-state index contributed by atoms with van der Waals surface area (Å²) < 4.78 is 2.32. The second-order valence-corrected chi connectivity index (χ2v) is 11.6. The lowest BCUT2D eigenvalue weighted by atomic mass is 9.59. The van der Waals surface area contributed by atoms with E-state index in [2.05, 4.69) is 148 Å². The van der Waals surface area contributed by atoms with Crippen molar-refractivity contribution in [3.8, 4) is 27.9 Å². The molecule has 0 fully saturated rings. The molecule has 0 aliphatic heterocycles. The SMILES string of the molecule is Bc1c(B)c(B)c(-c2c3ccccc3c(-c3cccc(-n4c(CC)nc5ccccc54)c3)c3ccccc23)c(B)c1B. The molecule has 6 aromatic carbocycles. The lowest BCUT2D eigenvalue weighted by Crippen LogP contribution is -2.55. The Bertz CT molecular complexity index is 2110. The van der Waals surface area contributed by atoms with E-state index in [1.165, 1.54) is 71.1 Å².